The zero-order chi connectivity index (χ0) is 22.7. The van der Waals surface area contributed by atoms with Crippen molar-refractivity contribution in [1.82, 2.24) is 9.78 Å². The Bertz CT molecular complexity index is 1130. The fourth-order valence-electron chi connectivity index (χ4n) is 6.61. The van der Waals surface area contributed by atoms with E-state index in [1.165, 1.54) is 18.0 Å². The van der Waals surface area contributed by atoms with E-state index in [-0.39, 0.29) is 16.9 Å². The maximum Gasteiger partial charge on any atom is 0.288 e. The quantitative estimate of drug-likeness (QED) is 0.709. The van der Waals surface area contributed by atoms with Crippen molar-refractivity contribution >= 4 is 28.9 Å². The predicted octanol–water partition coefficient (Wildman–Crippen LogP) is 2.70. The van der Waals surface area contributed by atoms with Crippen molar-refractivity contribution in [3.8, 4) is 11.5 Å². The lowest BCUT2D eigenvalue weighted by atomic mass is 9.47. The number of carboxylic acid groups (broad SMARTS) is 1. The second kappa shape index (κ2) is 7.40. The molecule has 4 aliphatic rings. The smallest absolute Gasteiger partial charge is 0.288 e. The molecule has 1 aromatic carbocycles. The summed E-state index contributed by atoms with van der Waals surface area (Å²) in [7, 11) is 3.11. The number of nitrogens with one attached hydrogen (secondary N) is 1. The largest absolute Gasteiger partial charge is 0.550 e. The van der Waals surface area contributed by atoms with Crippen LogP contribution in [0.15, 0.2) is 29.2 Å². The van der Waals surface area contributed by atoms with Crippen molar-refractivity contribution in [1.29, 1.82) is 0 Å². The molecule has 4 atom stereocenters. The molecule has 4 saturated carbocycles. The molecule has 0 amide bonds. The van der Waals surface area contributed by atoms with Gasteiger partial charge in [0, 0.05) is 17.5 Å². The number of carboxylic acids is 1. The third-order valence-electron chi connectivity index (χ3n) is 7.51. The summed E-state index contributed by atoms with van der Waals surface area (Å²) in [4.78, 5) is 25.4. The van der Waals surface area contributed by atoms with Crippen LogP contribution in [0.1, 0.15) is 38.5 Å². The number of anilines is 2. The summed E-state index contributed by atoms with van der Waals surface area (Å²) in [5, 5.41) is 19.7. The van der Waals surface area contributed by atoms with Gasteiger partial charge in [0.05, 0.1) is 37.3 Å². The number of carbonyl (C=O) groups is 1. The molecule has 0 spiro atoms. The van der Waals surface area contributed by atoms with Crippen LogP contribution in [0.2, 0.25) is 5.02 Å². The van der Waals surface area contributed by atoms with Crippen LogP contribution in [-0.4, -0.2) is 30.0 Å². The number of aromatic nitrogens is 2. The number of hydrogen-bond donors (Lipinski definition) is 1. The van der Waals surface area contributed by atoms with Crippen LogP contribution >= 0.6 is 11.6 Å². The molecule has 2 aromatic rings. The number of ether oxygens (including phenoxy) is 2. The van der Waals surface area contributed by atoms with Crippen molar-refractivity contribution in [2.24, 2.45) is 17.3 Å². The molecular formula is C23H25ClN3O5-. The number of carbonyl (C=O) groups excluding carboxylic acids is 1. The molecule has 0 saturated heterocycles. The van der Waals surface area contributed by atoms with Crippen LogP contribution in [0.4, 0.5) is 11.4 Å². The van der Waals surface area contributed by atoms with E-state index in [0.29, 0.717) is 42.1 Å². The lowest BCUT2D eigenvalue weighted by Gasteiger charge is -2.62. The minimum atomic E-state index is -1.000. The predicted molar refractivity (Wildman–Crippen MR) is 116 cm³/mol. The van der Waals surface area contributed by atoms with E-state index in [1.807, 2.05) is 0 Å². The van der Waals surface area contributed by atoms with E-state index in [2.05, 4.69) is 10.4 Å². The first kappa shape index (κ1) is 21.1. The molecule has 4 bridgehead atoms. The first-order chi connectivity index (χ1) is 15.3. The molecule has 4 aliphatic carbocycles. The topological polar surface area (TPSA) is 106 Å². The van der Waals surface area contributed by atoms with E-state index < -0.39 is 22.5 Å². The number of methoxy groups -OCH3 is 2. The van der Waals surface area contributed by atoms with Gasteiger partial charge in [-0.15, -0.1) is 0 Å². The third-order valence-corrected chi connectivity index (χ3v) is 7.87. The first-order valence-electron chi connectivity index (χ1n) is 10.8. The standard InChI is InChI=1S/C23H26ClN3O5/c1-31-15-3-4-16(18(6-15)32-2)26-17-11-25-27(20(28)19(17)24)23-9-13-5-14(10-23)8-22(7-13,12-23)21(29)30/h3-4,6,11,13-14,26H,5,7-10,12H2,1-2H3,(H,29,30)/p-1/t13-,14+,22?,23?. The summed E-state index contributed by atoms with van der Waals surface area (Å²) in [6.45, 7) is 0. The molecule has 1 N–H and O–H groups in total. The van der Waals surface area contributed by atoms with Crippen LogP contribution in [-0.2, 0) is 10.3 Å². The highest BCUT2D eigenvalue weighted by Crippen LogP contribution is 2.63. The van der Waals surface area contributed by atoms with Crippen LogP contribution in [0, 0.1) is 17.3 Å². The average molecular weight is 459 g/mol. The highest BCUT2D eigenvalue weighted by molar-refractivity contribution is 6.33. The summed E-state index contributed by atoms with van der Waals surface area (Å²) >= 11 is 6.51. The van der Waals surface area contributed by atoms with E-state index in [9.17, 15) is 14.7 Å². The Kier molecular flexibility index (Phi) is 4.89. The van der Waals surface area contributed by atoms with Gasteiger partial charge in [-0.1, -0.05) is 11.6 Å². The van der Waals surface area contributed by atoms with Gasteiger partial charge in [0.2, 0.25) is 0 Å². The number of hydrogen-bond acceptors (Lipinski definition) is 7. The summed E-state index contributed by atoms with van der Waals surface area (Å²) in [5.41, 5.74) is -0.943. The summed E-state index contributed by atoms with van der Waals surface area (Å²) < 4.78 is 12.1. The van der Waals surface area contributed by atoms with E-state index in [4.69, 9.17) is 21.1 Å². The molecule has 2 unspecified atom stereocenters. The molecule has 4 fully saturated rings. The second-order valence-corrected chi connectivity index (χ2v) is 9.91. The van der Waals surface area contributed by atoms with Gasteiger partial charge in [-0.05, 0) is 62.5 Å². The number of nitrogens with zero attached hydrogens (tertiary/aromatic N) is 2. The molecular weight excluding hydrogens is 434 g/mol. The molecule has 0 aliphatic heterocycles. The van der Waals surface area contributed by atoms with Gasteiger partial charge in [-0.3, -0.25) is 4.79 Å². The SMILES string of the molecule is COc1ccc(Nc2cnn(C34C[C@@H]5C[C@@H](CC(C(=O)[O-])(C5)C3)C4)c(=O)c2Cl)c(OC)c1. The Morgan fingerprint density at radius 2 is 1.91 bits per heavy atom. The minimum Gasteiger partial charge on any atom is -0.550 e. The van der Waals surface area contributed by atoms with Crippen molar-refractivity contribution in [3.05, 3.63) is 39.8 Å². The molecule has 1 aromatic heterocycles. The normalized spacial score (nSPS) is 30.2. The van der Waals surface area contributed by atoms with Gasteiger partial charge in [0.25, 0.3) is 5.56 Å². The zero-order valence-electron chi connectivity index (χ0n) is 18.0. The Balaban J connectivity index is 1.50. The molecule has 0 radical (unpaired) electrons. The number of aliphatic carboxylic acids is 1. The highest BCUT2D eigenvalue weighted by Gasteiger charge is 2.60. The van der Waals surface area contributed by atoms with Gasteiger partial charge in [-0.25, -0.2) is 4.68 Å². The third kappa shape index (κ3) is 3.15. The molecule has 6 rings (SSSR count). The van der Waals surface area contributed by atoms with Crippen LogP contribution in [0.3, 0.4) is 0 Å². The number of halogens is 1. The average Bonchev–Trinajstić information content (AvgIpc) is 2.76. The van der Waals surface area contributed by atoms with Gasteiger partial charge in [0.15, 0.2) is 0 Å². The number of benzene rings is 1. The van der Waals surface area contributed by atoms with Gasteiger partial charge in [0.1, 0.15) is 16.5 Å². The van der Waals surface area contributed by atoms with Crippen molar-refractivity contribution in [2.75, 3.05) is 19.5 Å². The Hall–Kier alpha value is -2.74. The molecule has 32 heavy (non-hydrogen) atoms. The summed E-state index contributed by atoms with van der Waals surface area (Å²) in [5.74, 6) is 0.697. The Labute approximate surface area is 190 Å². The van der Waals surface area contributed by atoms with Crippen molar-refractivity contribution in [3.63, 3.8) is 0 Å². The van der Waals surface area contributed by atoms with Gasteiger partial charge in [-0.2, -0.15) is 5.10 Å². The second-order valence-electron chi connectivity index (χ2n) is 9.53. The fraction of sp³-hybridized carbons (Fsp3) is 0.522. The summed E-state index contributed by atoms with van der Waals surface area (Å²) in [6, 6.07) is 5.25. The summed E-state index contributed by atoms with van der Waals surface area (Å²) in [6.07, 6.45) is 5.67. The number of rotatable bonds is 6. The lowest BCUT2D eigenvalue weighted by Crippen LogP contribution is -2.63. The maximum absolute atomic E-state index is 13.3. The van der Waals surface area contributed by atoms with Crippen LogP contribution in [0.5, 0.6) is 11.5 Å². The van der Waals surface area contributed by atoms with Gasteiger partial charge < -0.3 is 24.7 Å². The molecule has 1 heterocycles. The van der Waals surface area contributed by atoms with Crippen LogP contribution < -0.4 is 25.5 Å². The molecule has 170 valence electrons. The molecule has 8 nitrogen and oxygen atoms in total. The molecule has 9 heteroatoms. The lowest BCUT2D eigenvalue weighted by molar-refractivity contribution is -0.329. The van der Waals surface area contributed by atoms with E-state index in [0.717, 1.165) is 19.3 Å². The van der Waals surface area contributed by atoms with Crippen molar-refractivity contribution in [2.45, 2.75) is 44.1 Å². The van der Waals surface area contributed by atoms with Crippen molar-refractivity contribution < 1.29 is 19.4 Å². The van der Waals surface area contributed by atoms with E-state index >= 15 is 0 Å². The Morgan fingerprint density at radius 3 is 2.53 bits per heavy atom. The maximum atomic E-state index is 13.3. The zero-order valence-corrected chi connectivity index (χ0v) is 18.8. The van der Waals surface area contributed by atoms with Crippen LogP contribution in [0.25, 0.3) is 0 Å². The first-order valence-corrected chi connectivity index (χ1v) is 11.2. The Morgan fingerprint density at radius 1 is 1.19 bits per heavy atom. The highest BCUT2D eigenvalue weighted by atomic mass is 35.5. The van der Waals surface area contributed by atoms with Gasteiger partial charge >= 0.3 is 0 Å². The van der Waals surface area contributed by atoms with E-state index in [1.54, 1.807) is 25.3 Å². The monoisotopic (exact) mass is 458 g/mol. The fourth-order valence-corrected chi connectivity index (χ4v) is 6.78. The minimum absolute atomic E-state index is 0.0103.